The quantitative estimate of drug-likeness (QED) is 0.901. The van der Waals surface area contributed by atoms with Gasteiger partial charge in [-0.2, -0.15) is 0 Å². The molecule has 2 aromatic rings. The number of hydrogen-bond acceptors (Lipinski definition) is 4. The molecule has 6 heteroatoms. The number of anilines is 1. The molecule has 25 heavy (non-hydrogen) atoms. The van der Waals surface area contributed by atoms with Crippen molar-refractivity contribution < 1.29 is 9.53 Å². The SMILES string of the molecule is COc1ccc2cc3c(nc2c1)N(NC(=O)NC1CCCCC1)CC3. The van der Waals surface area contributed by atoms with E-state index in [0.29, 0.717) is 6.04 Å². The van der Waals surface area contributed by atoms with E-state index >= 15 is 0 Å². The maximum Gasteiger partial charge on any atom is 0.333 e. The molecule has 132 valence electrons. The number of methoxy groups -OCH3 is 1. The Morgan fingerprint density at radius 3 is 2.88 bits per heavy atom. The van der Waals surface area contributed by atoms with E-state index in [-0.39, 0.29) is 6.03 Å². The van der Waals surface area contributed by atoms with Crippen LogP contribution in [-0.2, 0) is 6.42 Å². The van der Waals surface area contributed by atoms with Crippen LogP contribution >= 0.6 is 0 Å². The molecule has 1 saturated carbocycles. The molecular weight excluding hydrogens is 316 g/mol. The predicted molar refractivity (Wildman–Crippen MR) is 97.9 cm³/mol. The molecule has 0 spiro atoms. The summed E-state index contributed by atoms with van der Waals surface area (Å²) in [7, 11) is 1.65. The second-order valence-corrected chi connectivity index (χ2v) is 6.85. The Morgan fingerprint density at radius 2 is 2.08 bits per heavy atom. The highest BCUT2D eigenvalue weighted by Crippen LogP contribution is 2.29. The number of urea groups is 1. The average Bonchev–Trinajstić information content (AvgIpc) is 3.01. The summed E-state index contributed by atoms with van der Waals surface area (Å²) >= 11 is 0. The minimum atomic E-state index is -0.132. The predicted octanol–water partition coefficient (Wildman–Crippen LogP) is 3.15. The van der Waals surface area contributed by atoms with Gasteiger partial charge in [0.05, 0.1) is 12.6 Å². The molecule has 4 rings (SSSR count). The van der Waals surface area contributed by atoms with E-state index in [4.69, 9.17) is 9.72 Å². The van der Waals surface area contributed by atoms with Gasteiger partial charge in [-0.05, 0) is 43.0 Å². The lowest BCUT2D eigenvalue weighted by atomic mass is 9.96. The molecule has 6 nitrogen and oxygen atoms in total. The van der Waals surface area contributed by atoms with Crippen molar-refractivity contribution in [1.82, 2.24) is 15.7 Å². The Labute approximate surface area is 147 Å². The zero-order valence-electron chi connectivity index (χ0n) is 14.5. The van der Waals surface area contributed by atoms with Crippen LogP contribution in [0.4, 0.5) is 10.6 Å². The maximum atomic E-state index is 12.3. The minimum absolute atomic E-state index is 0.132. The molecule has 0 radical (unpaired) electrons. The first-order valence-corrected chi connectivity index (χ1v) is 9.05. The van der Waals surface area contributed by atoms with Gasteiger partial charge in [0.2, 0.25) is 0 Å². The van der Waals surface area contributed by atoms with Crippen molar-refractivity contribution in [2.75, 3.05) is 18.7 Å². The van der Waals surface area contributed by atoms with Gasteiger partial charge in [-0.3, -0.25) is 5.01 Å². The number of aromatic nitrogens is 1. The summed E-state index contributed by atoms with van der Waals surface area (Å²) in [5, 5.41) is 6.04. The van der Waals surface area contributed by atoms with Crippen LogP contribution < -0.4 is 20.5 Å². The van der Waals surface area contributed by atoms with E-state index in [1.165, 1.54) is 19.3 Å². The average molecular weight is 340 g/mol. The highest BCUT2D eigenvalue weighted by atomic mass is 16.5. The summed E-state index contributed by atoms with van der Waals surface area (Å²) in [5.41, 5.74) is 5.00. The highest BCUT2D eigenvalue weighted by Gasteiger charge is 2.24. The van der Waals surface area contributed by atoms with Gasteiger partial charge in [0.25, 0.3) is 0 Å². The molecule has 0 saturated heterocycles. The summed E-state index contributed by atoms with van der Waals surface area (Å²) < 4.78 is 5.28. The van der Waals surface area contributed by atoms with Crippen molar-refractivity contribution in [1.29, 1.82) is 0 Å². The van der Waals surface area contributed by atoms with Gasteiger partial charge in [-0.15, -0.1) is 0 Å². The second kappa shape index (κ2) is 6.78. The van der Waals surface area contributed by atoms with E-state index in [9.17, 15) is 4.79 Å². The highest BCUT2D eigenvalue weighted by molar-refractivity contribution is 5.84. The van der Waals surface area contributed by atoms with E-state index in [2.05, 4.69) is 16.8 Å². The first kappa shape index (κ1) is 16.0. The van der Waals surface area contributed by atoms with E-state index < -0.39 is 0 Å². The monoisotopic (exact) mass is 340 g/mol. The summed E-state index contributed by atoms with van der Waals surface area (Å²) in [5.74, 6) is 1.62. The molecule has 0 bridgehead atoms. The lowest BCUT2D eigenvalue weighted by molar-refractivity contribution is 0.232. The molecule has 1 aromatic heterocycles. The number of hydrazine groups is 1. The number of ether oxygens (including phenoxy) is 1. The number of carbonyl (C=O) groups is 1. The van der Waals surface area contributed by atoms with Crippen molar-refractivity contribution in [3.05, 3.63) is 29.8 Å². The van der Waals surface area contributed by atoms with E-state index in [1.807, 2.05) is 23.2 Å². The number of nitrogens with one attached hydrogen (secondary N) is 2. The molecule has 1 aromatic carbocycles. The van der Waals surface area contributed by atoms with Gasteiger partial charge in [0, 0.05) is 24.0 Å². The van der Waals surface area contributed by atoms with Crippen LogP contribution in [0.2, 0.25) is 0 Å². The minimum Gasteiger partial charge on any atom is -0.497 e. The summed E-state index contributed by atoms with van der Waals surface area (Å²) in [6.07, 6.45) is 6.72. The first-order chi connectivity index (χ1) is 12.2. The normalized spacial score (nSPS) is 17.4. The van der Waals surface area contributed by atoms with Crippen molar-refractivity contribution in [2.24, 2.45) is 0 Å². The third-order valence-electron chi connectivity index (χ3n) is 5.12. The lowest BCUT2D eigenvalue weighted by Crippen LogP contribution is -2.50. The van der Waals surface area contributed by atoms with Gasteiger partial charge in [-0.25, -0.2) is 15.2 Å². The zero-order valence-corrected chi connectivity index (χ0v) is 14.5. The fourth-order valence-corrected chi connectivity index (χ4v) is 3.76. The fraction of sp³-hybridized carbons (Fsp3) is 0.474. The Kier molecular flexibility index (Phi) is 4.34. The second-order valence-electron chi connectivity index (χ2n) is 6.85. The maximum absolute atomic E-state index is 12.3. The molecule has 1 aliphatic carbocycles. The van der Waals surface area contributed by atoms with Gasteiger partial charge in [0.1, 0.15) is 5.75 Å². The molecule has 1 aliphatic heterocycles. The largest absolute Gasteiger partial charge is 0.497 e. The Morgan fingerprint density at radius 1 is 1.24 bits per heavy atom. The third-order valence-corrected chi connectivity index (χ3v) is 5.12. The summed E-state index contributed by atoms with van der Waals surface area (Å²) in [6, 6.07) is 8.20. The standard InChI is InChI=1S/C19H24N4O2/c1-25-16-8-7-13-11-14-9-10-23(18(14)21-17(13)12-16)22-19(24)20-15-5-3-2-4-6-15/h7-8,11-12,15H,2-6,9-10H2,1H3,(H2,20,22,24). The van der Waals surface area contributed by atoms with Crippen LogP contribution in [-0.4, -0.2) is 30.7 Å². The van der Waals surface area contributed by atoms with Crippen molar-refractivity contribution in [3.63, 3.8) is 0 Å². The van der Waals surface area contributed by atoms with Crippen LogP contribution in [0.3, 0.4) is 0 Å². The van der Waals surface area contributed by atoms with Crippen LogP contribution in [0.5, 0.6) is 5.75 Å². The number of hydrogen-bond donors (Lipinski definition) is 2. The van der Waals surface area contributed by atoms with Crippen LogP contribution in [0.15, 0.2) is 24.3 Å². The van der Waals surface area contributed by atoms with Crippen LogP contribution in [0, 0.1) is 0 Å². The molecule has 1 fully saturated rings. The van der Waals surface area contributed by atoms with Gasteiger partial charge >= 0.3 is 6.03 Å². The fourth-order valence-electron chi connectivity index (χ4n) is 3.76. The molecule has 2 N–H and O–H groups in total. The number of rotatable bonds is 3. The number of nitrogens with zero attached hydrogens (tertiary/aromatic N) is 2. The van der Waals surface area contributed by atoms with E-state index in [0.717, 1.165) is 53.8 Å². The van der Waals surface area contributed by atoms with E-state index in [1.54, 1.807) is 7.11 Å². The Balaban J connectivity index is 1.50. The Hall–Kier alpha value is -2.50. The number of benzene rings is 1. The zero-order chi connectivity index (χ0) is 17.2. The number of fused-ring (bicyclic) bond motifs is 2. The Bertz CT molecular complexity index is 786. The third kappa shape index (κ3) is 3.34. The summed E-state index contributed by atoms with van der Waals surface area (Å²) in [6.45, 7) is 0.744. The topological polar surface area (TPSA) is 66.5 Å². The lowest BCUT2D eigenvalue weighted by Gasteiger charge is -2.25. The number of amides is 2. The molecule has 0 unspecified atom stereocenters. The summed E-state index contributed by atoms with van der Waals surface area (Å²) in [4.78, 5) is 17.1. The van der Waals surface area contributed by atoms with Gasteiger partial charge in [0.15, 0.2) is 5.82 Å². The van der Waals surface area contributed by atoms with Crippen LogP contribution in [0.1, 0.15) is 37.7 Å². The molecule has 2 amide bonds. The molecule has 2 aliphatic rings. The first-order valence-electron chi connectivity index (χ1n) is 9.05. The van der Waals surface area contributed by atoms with Crippen molar-refractivity contribution in [2.45, 2.75) is 44.6 Å². The number of carbonyl (C=O) groups excluding carboxylic acids is 1. The van der Waals surface area contributed by atoms with Crippen LogP contribution in [0.25, 0.3) is 10.9 Å². The molecule has 2 heterocycles. The van der Waals surface area contributed by atoms with Gasteiger partial charge < -0.3 is 10.1 Å². The molecule has 0 atom stereocenters. The molecular formula is C19H24N4O2. The smallest absolute Gasteiger partial charge is 0.333 e. The van der Waals surface area contributed by atoms with Crippen molar-refractivity contribution in [3.8, 4) is 5.75 Å². The number of pyridine rings is 1. The van der Waals surface area contributed by atoms with Gasteiger partial charge in [-0.1, -0.05) is 19.3 Å². The van der Waals surface area contributed by atoms with Crippen molar-refractivity contribution >= 4 is 22.8 Å².